The van der Waals surface area contributed by atoms with Crippen molar-refractivity contribution in [3.05, 3.63) is 29.3 Å². The Bertz CT molecular complexity index is 652. The molecule has 27 heavy (non-hydrogen) atoms. The smallest absolute Gasteiger partial charge is 0.394 e. The lowest BCUT2D eigenvalue weighted by Crippen LogP contribution is -2.41. The maximum absolute atomic E-state index is 13.1. The summed E-state index contributed by atoms with van der Waals surface area (Å²) in [7, 11) is 0. The molecule has 150 valence electrons. The van der Waals surface area contributed by atoms with Crippen LogP contribution in [0.1, 0.15) is 41.6 Å². The molecule has 8 heteroatoms. The molecule has 1 aromatic carbocycles. The van der Waals surface area contributed by atoms with E-state index in [9.17, 15) is 18.0 Å². The van der Waals surface area contributed by atoms with Crippen LogP contribution in [0.5, 0.6) is 0 Å². The van der Waals surface area contributed by atoms with Crippen molar-refractivity contribution < 1.29 is 27.8 Å². The topological polar surface area (TPSA) is 53.0 Å². The second-order valence-corrected chi connectivity index (χ2v) is 7.01. The molecule has 0 aromatic heterocycles. The molecule has 2 heterocycles. The van der Waals surface area contributed by atoms with Crippen molar-refractivity contribution in [2.75, 3.05) is 44.3 Å². The van der Waals surface area contributed by atoms with Crippen LogP contribution in [0.15, 0.2) is 18.2 Å². The number of hydrogen-bond donors (Lipinski definition) is 1. The number of hydrogen-bond acceptors (Lipinski definition) is 4. The molecule has 0 atom stereocenters. The van der Waals surface area contributed by atoms with Gasteiger partial charge in [-0.15, -0.1) is 0 Å². The van der Waals surface area contributed by atoms with E-state index >= 15 is 0 Å². The lowest BCUT2D eigenvalue weighted by molar-refractivity contribution is -0.137. The summed E-state index contributed by atoms with van der Waals surface area (Å²) in [6.07, 6.45) is -1.28. The number of benzene rings is 1. The molecule has 0 radical (unpaired) electrons. The van der Waals surface area contributed by atoms with Crippen LogP contribution in [0.25, 0.3) is 0 Å². The lowest BCUT2D eigenvalue weighted by Gasteiger charge is -2.33. The highest BCUT2D eigenvalue weighted by Crippen LogP contribution is 2.35. The summed E-state index contributed by atoms with van der Waals surface area (Å²) >= 11 is 0. The van der Waals surface area contributed by atoms with E-state index in [-0.39, 0.29) is 25.2 Å². The highest BCUT2D eigenvalue weighted by Gasteiger charge is 2.34. The fourth-order valence-corrected chi connectivity index (χ4v) is 3.72. The normalized spacial score (nSPS) is 19.0. The van der Waals surface area contributed by atoms with Crippen LogP contribution in [0.3, 0.4) is 0 Å². The quantitative estimate of drug-likeness (QED) is 0.846. The van der Waals surface area contributed by atoms with Gasteiger partial charge in [-0.25, -0.2) is 0 Å². The molecule has 1 aromatic rings. The Morgan fingerprint density at radius 3 is 2.41 bits per heavy atom. The summed E-state index contributed by atoms with van der Waals surface area (Å²) in [5.74, 6) is -0.230. The molecule has 0 unspecified atom stereocenters. The van der Waals surface area contributed by atoms with Crippen molar-refractivity contribution in [3.63, 3.8) is 0 Å². The molecule has 0 saturated carbocycles. The van der Waals surface area contributed by atoms with E-state index in [1.165, 1.54) is 6.07 Å². The summed E-state index contributed by atoms with van der Waals surface area (Å²) in [5, 5.41) is 8.83. The Morgan fingerprint density at radius 1 is 1.15 bits per heavy atom. The molecule has 0 spiro atoms. The first-order valence-corrected chi connectivity index (χ1v) is 9.38. The molecule has 1 amide bonds. The summed E-state index contributed by atoms with van der Waals surface area (Å²) in [4.78, 5) is 16.6. The van der Waals surface area contributed by atoms with Gasteiger partial charge in [-0.1, -0.05) is 0 Å². The third-order valence-electron chi connectivity index (χ3n) is 5.18. The molecule has 5 nitrogen and oxygen atoms in total. The summed E-state index contributed by atoms with van der Waals surface area (Å²) < 4.78 is 44.9. The highest BCUT2D eigenvalue weighted by atomic mass is 19.4. The average molecular weight is 386 g/mol. The number of aliphatic hydroxyl groups is 1. The van der Waals surface area contributed by atoms with Gasteiger partial charge >= 0.3 is 6.18 Å². The van der Waals surface area contributed by atoms with E-state index in [0.717, 1.165) is 25.0 Å². The van der Waals surface area contributed by atoms with Gasteiger partial charge in [0.25, 0.3) is 5.91 Å². The minimum atomic E-state index is -4.43. The van der Waals surface area contributed by atoms with Crippen molar-refractivity contribution in [2.24, 2.45) is 0 Å². The van der Waals surface area contributed by atoms with Crippen molar-refractivity contribution in [1.29, 1.82) is 0 Å². The maximum atomic E-state index is 13.1. The fraction of sp³-hybridized carbons (Fsp3) is 0.632. The van der Waals surface area contributed by atoms with Crippen molar-refractivity contribution in [1.82, 2.24) is 4.90 Å². The number of anilines is 1. The Labute approximate surface area is 156 Å². The number of carbonyl (C=O) groups excluding carboxylic acids is 1. The SMILES string of the molecule is O=C(c1ccc(C(F)(F)F)cc1N1CCCC1)N1CCC(OCCO)CC1. The van der Waals surface area contributed by atoms with Crippen LogP contribution in [0.2, 0.25) is 0 Å². The number of ether oxygens (including phenoxy) is 1. The Morgan fingerprint density at radius 2 is 1.81 bits per heavy atom. The third-order valence-corrected chi connectivity index (χ3v) is 5.18. The van der Waals surface area contributed by atoms with E-state index in [1.54, 1.807) is 4.90 Å². The van der Waals surface area contributed by atoms with Crippen molar-refractivity contribution in [2.45, 2.75) is 38.0 Å². The van der Waals surface area contributed by atoms with E-state index < -0.39 is 11.7 Å². The summed E-state index contributed by atoms with van der Waals surface area (Å²) in [6.45, 7) is 2.56. The van der Waals surface area contributed by atoms with Gasteiger partial charge in [0.1, 0.15) is 0 Å². The highest BCUT2D eigenvalue weighted by molar-refractivity contribution is 6.00. The first kappa shape index (κ1) is 19.9. The van der Waals surface area contributed by atoms with Gasteiger partial charge in [-0.3, -0.25) is 4.79 Å². The number of rotatable bonds is 5. The third kappa shape index (κ3) is 4.73. The molecule has 0 bridgehead atoms. The van der Waals surface area contributed by atoms with Gasteiger partial charge in [0.2, 0.25) is 0 Å². The minimum absolute atomic E-state index is 0.00635. The van der Waals surface area contributed by atoms with E-state index in [2.05, 4.69) is 0 Å². The van der Waals surface area contributed by atoms with Gasteiger partial charge in [0.05, 0.1) is 36.1 Å². The van der Waals surface area contributed by atoms with E-state index in [1.807, 2.05) is 4.90 Å². The second kappa shape index (κ2) is 8.48. The van der Waals surface area contributed by atoms with Gasteiger partial charge in [-0.2, -0.15) is 13.2 Å². The summed E-state index contributed by atoms with van der Waals surface area (Å²) in [5.41, 5.74) is -0.0114. The largest absolute Gasteiger partial charge is 0.416 e. The molecule has 3 rings (SSSR count). The van der Waals surface area contributed by atoms with Gasteiger partial charge in [0, 0.05) is 26.2 Å². The second-order valence-electron chi connectivity index (χ2n) is 7.01. The van der Waals surface area contributed by atoms with E-state index in [4.69, 9.17) is 9.84 Å². The number of carbonyl (C=O) groups is 1. The van der Waals surface area contributed by atoms with Crippen molar-refractivity contribution >= 4 is 11.6 Å². The number of piperidine rings is 1. The lowest BCUT2D eigenvalue weighted by atomic mass is 10.0. The Kier molecular flexibility index (Phi) is 6.26. The molecule has 0 aliphatic carbocycles. The number of likely N-dealkylation sites (tertiary alicyclic amines) is 1. The first-order valence-electron chi connectivity index (χ1n) is 9.38. The van der Waals surface area contributed by atoms with Gasteiger partial charge < -0.3 is 19.6 Å². The number of aliphatic hydroxyl groups excluding tert-OH is 1. The molecule has 1 N–H and O–H groups in total. The molecule has 2 saturated heterocycles. The van der Waals surface area contributed by atoms with Crippen LogP contribution >= 0.6 is 0 Å². The predicted molar refractivity (Wildman–Crippen MR) is 94.9 cm³/mol. The molecule has 2 aliphatic heterocycles. The number of amides is 1. The van der Waals surface area contributed by atoms with Crippen molar-refractivity contribution in [3.8, 4) is 0 Å². The zero-order valence-corrected chi connectivity index (χ0v) is 15.2. The number of nitrogens with zero attached hydrogens (tertiary/aromatic N) is 2. The zero-order valence-electron chi connectivity index (χ0n) is 15.2. The molecule has 2 fully saturated rings. The standard InChI is InChI=1S/C19H25F3N2O3/c20-19(21,22)14-3-4-16(17(13-14)23-7-1-2-8-23)18(26)24-9-5-15(6-10-24)27-12-11-25/h3-4,13,15,25H,1-2,5-12H2. The Balaban J connectivity index is 1.78. The predicted octanol–water partition coefficient (Wildman–Crippen LogP) is 2.92. The minimum Gasteiger partial charge on any atom is -0.394 e. The van der Waals surface area contributed by atoms with Crippen LogP contribution in [-0.4, -0.2) is 61.4 Å². The fourth-order valence-electron chi connectivity index (χ4n) is 3.72. The van der Waals surface area contributed by atoms with E-state index in [0.29, 0.717) is 50.3 Å². The molecule has 2 aliphatic rings. The monoisotopic (exact) mass is 386 g/mol. The maximum Gasteiger partial charge on any atom is 0.416 e. The van der Waals surface area contributed by atoms with Gasteiger partial charge in [-0.05, 0) is 43.9 Å². The van der Waals surface area contributed by atoms with Gasteiger partial charge in [0.15, 0.2) is 0 Å². The molecular weight excluding hydrogens is 361 g/mol. The van der Waals surface area contributed by atoms with Crippen LogP contribution in [-0.2, 0) is 10.9 Å². The average Bonchev–Trinajstić information content (AvgIpc) is 3.19. The Hall–Kier alpha value is -1.80. The van der Waals surface area contributed by atoms with Crippen LogP contribution in [0.4, 0.5) is 18.9 Å². The summed E-state index contributed by atoms with van der Waals surface area (Å²) in [6, 6.07) is 3.41. The molecular formula is C19H25F3N2O3. The number of alkyl halides is 3. The number of halogens is 3. The zero-order chi connectivity index (χ0) is 19.4. The van der Waals surface area contributed by atoms with Crippen LogP contribution < -0.4 is 4.90 Å². The van der Waals surface area contributed by atoms with Crippen LogP contribution in [0, 0.1) is 0 Å². The first-order chi connectivity index (χ1) is 12.9.